The first-order chi connectivity index (χ1) is 13.4. The van der Waals surface area contributed by atoms with Crippen LogP contribution in [0.3, 0.4) is 0 Å². The second-order valence-electron chi connectivity index (χ2n) is 7.91. The van der Waals surface area contributed by atoms with Gasteiger partial charge < -0.3 is 20.1 Å². The first kappa shape index (κ1) is 21.2. The molecule has 156 valence electrons. The van der Waals surface area contributed by atoms with E-state index in [4.69, 9.17) is 4.74 Å². The SMILES string of the molecule is CCCCCCOC(=O)C1=C(SC2CNC(=O)C2)[C@H](C)C2C([C@@H](C)O)C(=O)N12. The fourth-order valence-corrected chi connectivity index (χ4v) is 5.68. The molecule has 0 spiro atoms. The van der Waals surface area contributed by atoms with Crippen LogP contribution >= 0.6 is 11.8 Å². The molecule has 3 rings (SSSR count). The van der Waals surface area contributed by atoms with E-state index in [1.54, 1.807) is 6.92 Å². The van der Waals surface area contributed by atoms with Crippen LogP contribution in [0.15, 0.2) is 10.6 Å². The van der Waals surface area contributed by atoms with Crippen LogP contribution in [0.25, 0.3) is 0 Å². The molecule has 0 bridgehead atoms. The molecule has 2 amide bonds. The smallest absolute Gasteiger partial charge is 0.355 e. The standard InChI is InChI=1S/C20H30N2O5S/c1-4-5-6-7-8-27-20(26)17-18(28-13-9-14(24)21-10-13)11(2)16-15(12(3)23)19(25)22(16)17/h11-13,15-16,23H,4-10H2,1-3H3,(H,21,24)/t11-,12-,13?,15?,16?/m1/s1. The molecule has 3 heterocycles. The molecule has 5 atom stereocenters. The molecule has 0 saturated carbocycles. The molecule has 3 unspecified atom stereocenters. The van der Waals surface area contributed by atoms with E-state index in [0.717, 1.165) is 30.6 Å². The van der Waals surface area contributed by atoms with Crippen molar-refractivity contribution in [3.05, 3.63) is 10.6 Å². The summed E-state index contributed by atoms with van der Waals surface area (Å²) in [5.74, 6) is -1.25. The highest BCUT2D eigenvalue weighted by Crippen LogP contribution is 2.51. The van der Waals surface area contributed by atoms with Crippen LogP contribution < -0.4 is 5.32 Å². The Balaban J connectivity index is 1.76. The summed E-state index contributed by atoms with van der Waals surface area (Å²) in [6, 6.07) is -0.220. The van der Waals surface area contributed by atoms with Gasteiger partial charge in [-0.15, -0.1) is 11.8 Å². The van der Waals surface area contributed by atoms with Crippen LogP contribution in [0, 0.1) is 11.8 Å². The number of carbonyl (C=O) groups excluding carboxylic acids is 3. The van der Waals surface area contributed by atoms with Crippen molar-refractivity contribution in [2.45, 2.75) is 70.3 Å². The van der Waals surface area contributed by atoms with E-state index in [2.05, 4.69) is 12.2 Å². The highest BCUT2D eigenvalue weighted by atomic mass is 32.2. The van der Waals surface area contributed by atoms with Gasteiger partial charge in [0, 0.05) is 29.0 Å². The Kier molecular flexibility index (Phi) is 6.70. The van der Waals surface area contributed by atoms with Gasteiger partial charge in [0.15, 0.2) is 0 Å². The van der Waals surface area contributed by atoms with Crippen molar-refractivity contribution in [3.63, 3.8) is 0 Å². The third kappa shape index (κ3) is 3.94. The number of hydrogen-bond donors (Lipinski definition) is 2. The Morgan fingerprint density at radius 3 is 2.71 bits per heavy atom. The monoisotopic (exact) mass is 410 g/mol. The summed E-state index contributed by atoms with van der Waals surface area (Å²) in [5.41, 5.74) is 0.319. The Morgan fingerprint density at radius 1 is 1.36 bits per heavy atom. The van der Waals surface area contributed by atoms with Crippen molar-refractivity contribution in [3.8, 4) is 0 Å². The van der Waals surface area contributed by atoms with Crippen LogP contribution in [0.2, 0.25) is 0 Å². The van der Waals surface area contributed by atoms with Crippen molar-refractivity contribution in [1.82, 2.24) is 10.2 Å². The first-order valence-corrected chi connectivity index (χ1v) is 11.1. The Labute approximate surface area is 170 Å². The van der Waals surface area contributed by atoms with Crippen molar-refractivity contribution < 1.29 is 24.2 Å². The molecule has 0 aromatic heterocycles. The molecule has 2 N–H and O–H groups in total. The predicted molar refractivity (Wildman–Crippen MR) is 106 cm³/mol. The maximum atomic E-state index is 12.9. The minimum atomic E-state index is -0.762. The normalized spacial score (nSPS) is 30.2. The number of unbranched alkanes of at least 4 members (excludes halogenated alkanes) is 3. The van der Waals surface area contributed by atoms with Gasteiger partial charge in [0.05, 0.1) is 24.7 Å². The van der Waals surface area contributed by atoms with Crippen molar-refractivity contribution in [1.29, 1.82) is 0 Å². The van der Waals surface area contributed by atoms with Gasteiger partial charge in [0.1, 0.15) is 5.70 Å². The zero-order valence-corrected chi connectivity index (χ0v) is 17.6. The molecular formula is C20H30N2O5S. The molecule has 3 aliphatic heterocycles. The van der Waals surface area contributed by atoms with Gasteiger partial charge in [0.2, 0.25) is 11.8 Å². The average Bonchev–Trinajstić information content (AvgIpc) is 3.15. The second-order valence-corrected chi connectivity index (χ2v) is 9.25. The zero-order chi connectivity index (χ0) is 20.4. The molecular weight excluding hydrogens is 380 g/mol. The lowest BCUT2D eigenvalue weighted by Gasteiger charge is -2.46. The van der Waals surface area contributed by atoms with E-state index in [1.807, 2.05) is 6.92 Å². The molecule has 0 aromatic carbocycles. The Morgan fingerprint density at radius 2 is 2.11 bits per heavy atom. The molecule has 0 aromatic rings. The Hall–Kier alpha value is -1.54. The number of fused-ring (bicyclic) bond motifs is 1. The van der Waals surface area contributed by atoms with Gasteiger partial charge in [0.25, 0.3) is 0 Å². The number of amides is 2. The lowest BCUT2D eigenvalue weighted by atomic mass is 9.79. The summed E-state index contributed by atoms with van der Waals surface area (Å²) >= 11 is 1.49. The lowest BCUT2D eigenvalue weighted by molar-refractivity contribution is -0.164. The fourth-order valence-electron chi connectivity index (χ4n) is 4.27. The highest BCUT2D eigenvalue weighted by molar-refractivity contribution is 8.03. The average molecular weight is 411 g/mol. The molecule has 3 aliphatic rings. The zero-order valence-electron chi connectivity index (χ0n) is 16.8. The minimum Gasteiger partial charge on any atom is -0.461 e. The van der Waals surface area contributed by atoms with E-state index < -0.39 is 18.0 Å². The number of nitrogens with one attached hydrogen (secondary N) is 1. The van der Waals surface area contributed by atoms with Crippen LogP contribution in [0.5, 0.6) is 0 Å². The summed E-state index contributed by atoms with van der Waals surface area (Å²) in [6.45, 7) is 6.61. The summed E-state index contributed by atoms with van der Waals surface area (Å²) < 4.78 is 5.48. The molecule has 2 saturated heterocycles. The molecule has 0 radical (unpaired) electrons. The fraction of sp³-hybridized carbons (Fsp3) is 0.750. The first-order valence-electron chi connectivity index (χ1n) is 10.2. The van der Waals surface area contributed by atoms with Crippen molar-refractivity contribution in [2.24, 2.45) is 11.8 Å². The number of aliphatic hydroxyl groups is 1. The summed E-state index contributed by atoms with van der Waals surface area (Å²) in [6.07, 6.45) is 3.66. The molecule has 7 nitrogen and oxygen atoms in total. The summed E-state index contributed by atoms with van der Waals surface area (Å²) in [7, 11) is 0. The van der Waals surface area contributed by atoms with E-state index in [9.17, 15) is 19.5 Å². The third-order valence-electron chi connectivity index (χ3n) is 5.77. The minimum absolute atomic E-state index is 0.00464. The maximum absolute atomic E-state index is 12.9. The van der Waals surface area contributed by atoms with Crippen LogP contribution in [0.1, 0.15) is 52.9 Å². The molecule has 0 aliphatic carbocycles. The van der Waals surface area contributed by atoms with Gasteiger partial charge in [-0.1, -0.05) is 33.1 Å². The number of nitrogens with zero attached hydrogens (tertiary/aromatic N) is 1. The van der Waals surface area contributed by atoms with Gasteiger partial charge in [-0.05, 0) is 13.3 Å². The van der Waals surface area contributed by atoms with E-state index in [1.165, 1.54) is 16.7 Å². The van der Waals surface area contributed by atoms with E-state index >= 15 is 0 Å². The largest absolute Gasteiger partial charge is 0.461 e. The van der Waals surface area contributed by atoms with Gasteiger partial charge in [-0.3, -0.25) is 9.59 Å². The maximum Gasteiger partial charge on any atom is 0.355 e. The number of hydrogen-bond acceptors (Lipinski definition) is 6. The van der Waals surface area contributed by atoms with Gasteiger partial charge in [-0.2, -0.15) is 0 Å². The number of β-lactam (4-membered cyclic amide) rings is 1. The Bertz CT molecular complexity index is 678. The third-order valence-corrected chi connectivity index (χ3v) is 7.25. The predicted octanol–water partition coefficient (Wildman–Crippen LogP) is 1.80. The summed E-state index contributed by atoms with van der Waals surface area (Å²) in [4.78, 5) is 39.4. The number of thioether (sulfide) groups is 1. The lowest BCUT2D eigenvalue weighted by Crippen LogP contribution is -2.63. The van der Waals surface area contributed by atoms with E-state index in [-0.39, 0.29) is 29.0 Å². The molecule has 8 heteroatoms. The summed E-state index contributed by atoms with van der Waals surface area (Å²) in [5, 5.41) is 12.9. The second kappa shape index (κ2) is 8.86. The number of carbonyl (C=O) groups is 3. The van der Waals surface area contributed by atoms with Crippen molar-refractivity contribution >= 4 is 29.5 Å². The number of ether oxygens (including phenoxy) is 1. The van der Waals surface area contributed by atoms with Crippen LogP contribution in [-0.2, 0) is 19.1 Å². The molecule has 28 heavy (non-hydrogen) atoms. The van der Waals surface area contributed by atoms with Crippen LogP contribution in [0.4, 0.5) is 0 Å². The van der Waals surface area contributed by atoms with Crippen LogP contribution in [-0.4, -0.2) is 58.3 Å². The van der Waals surface area contributed by atoms with Crippen molar-refractivity contribution in [2.75, 3.05) is 13.2 Å². The number of rotatable bonds is 9. The highest BCUT2D eigenvalue weighted by Gasteiger charge is 2.60. The quantitative estimate of drug-likeness (QED) is 0.342. The van der Waals surface area contributed by atoms with E-state index in [0.29, 0.717) is 25.3 Å². The van der Waals surface area contributed by atoms with Gasteiger partial charge in [-0.25, -0.2) is 4.79 Å². The number of esters is 1. The topological polar surface area (TPSA) is 95.9 Å². The van der Waals surface area contributed by atoms with Gasteiger partial charge >= 0.3 is 5.97 Å². The molecule has 2 fully saturated rings. The number of aliphatic hydroxyl groups excluding tert-OH is 1.